The van der Waals surface area contributed by atoms with E-state index in [1.54, 1.807) is 0 Å². The number of rotatable bonds is 4. The van der Waals surface area contributed by atoms with Crippen molar-refractivity contribution < 1.29 is 9.47 Å². The second-order valence-electron chi connectivity index (χ2n) is 8.57. The van der Waals surface area contributed by atoms with Gasteiger partial charge in [0.15, 0.2) is 0 Å². The lowest BCUT2D eigenvalue weighted by atomic mass is 10.1. The molecule has 2 N–H and O–H groups in total. The third-order valence-electron chi connectivity index (χ3n) is 6.34. The molecule has 33 heavy (non-hydrogen) atoms. The second-order valence-corrected chi connectivity index (χ2v) is 8.57. The monoisotopic (exact) mass is 433 g/mol. The first kappa shape index (κ1) is 21.5. The van der Waals surface area contributed by atoms with Gasteiger partial charge in [0.25, 0.3) is 0 Å². The van der Waals surface area contributed by atoms with E-state index in [4.69, 9.17) is 15.2 Å². The molecule has 0 fully saturated rings. The normalized spacial score (nSPS) is 18.6. The summed E-state index contributed by atoms with van der Waals surface area (Å²) in [6.07, 6.45) is 3.02. The van der Waals surface area contributed by atoms with Gasteiger partial charge in [0.2, 0.25) is 0 Å². The minimum Gasteiger partial charge on any atom is -0.365 e. The maximum absolute atomic E-state index is 6.33. The van der Waals surface area contributed by atoms with E-state index in [1.807, 2.05) is 36.4 Å². The zero-order chi connectivity index (χ0) is 22.5. The van der Waals surface area contributed by atoms with Crippen LogP contribution in [-0.4, -0.2) is 25.4 Å². The molecule has 3 aromatic carbocycles. The topological polar surface area (TPSA) is 44.5 Å². The average molecular weight is 434 g/mol. The molecular weight excluding hydrogens is 406 g/mol. The molecule has 2 aliphatic carbocycles. The van der Waals surface area contributed by atoms with Crippen LogP contribution in [0.2, 0.25) is 0 Å². The van der Waals surface area contributed by atoms with Gasteiger partial charge in [-0.05, 0) is 53.3 Å². The van der Waals surface area contributed by atoms with Crippen LogP contribution in [0.5, 0.6) is 0 Å². The second kappa shape index (κ2) is 10.1. The van der Waals surface area contributed by atoms with E-state index < -0.39 is 0 Å². The number of ether oxygens (including phenoxy) is 2. The first-order valence-electron chi connectivity index (χ1n) is 11.5. The standard InChI is InChI=1S/C30H27NO2/c31-30-28-15-4-3-14-26(28)21-29(30)33-17-7-11-23-9-5-8-22(18-23)10-6-16-32-27-19-24-12-1-2-13-25(24)20-27/h1-5,8-9,12-15,18,27,29-30H,16-17,19-21,31H2/t29-,30+/m1/s1. The van der Waals surface area contributed by atoms with Crippen LogP contribution in [0.3, 0.4) is 0 Å². The number of fused-ring (bicyclic) bond motifs is 2. The van der Waals surface area contributed by atoms with Crippen molar-refractivity contribution >= 4 is 0 Å². The Hall–Kier alpha value is -3.34. The van der Waals surface area contributed by atoms with E-state index in [0.717, 1.165) is 30.4 Å². The van der Waals surface area contributed by atoms with Gasteiger partial charge in [0.05, 0.1) is 18.2 Å². The molecule has 3 nitrogen and oxygen atoms in total. The summed E-state index contributed by atoms with van der Waals surface area (Å²) in [6, 6.07) is 24.7. The van der Waals surface area contributed by atoms with Crippen molar-refractivity contribution in [2.24, 2.45) is 5.73 Å². The highest BCUT2D eigenvalue weighted by Gasteiger charge is 2.29. The molecule has 164 valence electrons. The summed E-state index contributed by atoms with van der Waals surface area (Å²) in [5.41, 5.74) is 13.4. The van der Waals surface area contributed by atoms with Crippen molar-refractivity contribution in [3.8, 4) is 23.7 Å². The van der Waals surface area contributed by atoms with E-state index in [2.05, 4.69) is 60.1 Å². The van der Waals surface area contributed by atoms with Gasteiger partial charge in [0, 0.05) is 17.5 Å². The molecule has 0 radical (unpaired) electrons. The Kier molecular flexibility index (Phi) is 6.56. The molecule has 2 atom stereocenters. The fourth-order valence-corrected chi connectivity index (χ4v) is 4.65. The van der Waals surface area contributed by atoms with Crippen molar-refractivity contribution in [2.45, 2.75) is 37.5 Å². The highest BCUT2D eigenvalue weighted by molar-refractivity contribution is 5.44. The number of hydrogen-bond acceptors (Lipinski definition) is 3. The van der Waals surface area contributed by atoms with E-state index in [0.29, 0.717) is 13.2 Å². The lowest BCUT2D eigenvalue weighted by molar-refractivity contribution is 0.0672. The van der Waals surface area contributed by atoms with Crippen molar-refractivity contribution in [1.29, 1.82) is 0 Å². The van der Waals surface area contributed by atoms with Gasteiger partial charge in [0.1, 0.15) is 13.2 Å². The van der Waals surface area contributed by atoms with Gasteiger partial charge in [-0.1, -0.05) is 78.3 Å². The Bertz CT molecular complexity index is 1230. The zero-order valence-electron chi connectivity index (χ0n) is 18.6. The van der Waals surface area contributed by atoms with Crippen LogP contribution in [-0.2, 0) is 28.7 Å². The van der Waals surface area contributed by atoms with Gasteiger partial charge in [-0.2, -0.15) is 0 Å². The van der Waals surface area contributed by atoms with Gasteiger partial charge in [-0.15, -0.1) is 0 Å². The summed E-state index contributed by atoms with van der Waals surface area (Å²) in [7, 11) is 0. The number of hydrogen-bond donors (Lipinski definition) is 1. The van der Waals surface area contributed by atoms with Crippen molar-refractivity contribution in [1.82, 2.24) is 0 Å². The van der Waals surface area contributed by atoms with E-state index in [1.165, 1.54) is 22.3 Å². The minimum absolute atomic E-state index is 0.0124. The quantitative estimate of drug-likeness (QED) is 0.627. The van der Waals surface area contributed by atoms with Crippen LogP contribution < -0.4 is 5.73 Å². The molecular formula is C30H27NO2. The van der Waals surface area contributed by atoms with Gasteiger partial charge >= 0.3 is 0 Å². The number of nitrogens with two attached hydrogens (primary N) is 1. The molecule has 0 unspecified atom stereocenters. The van der Waals surface area contributed by atoms with E-state index in [9.17, 15) is 0 Å². The summed E-state index contributed by atoms with van der Waals surface area (Å²) in [5, 5.41) is 0. The Morgan fingerprint density at radius 3 is 1.97 bits per heavy atom. The maximum atomic E-state index is 6.33. The van der Waals surface area contributed by atoms with Crippen LogP contribution >= 0.6 is 0 Å². The fraction of sp³-hybridized carbons (Fsp3) is 0.267. The molecule has 0 amide bonds. The Morgan fingerprint density at radius 1 is 0.697 bits per heavy atom. The van der Waals surface area contributed by atoms with Crippen molar-refractivity contribution in [3.63, 3.8) is 0 Å². The van der Waals surface area contributed by atoms with Gasteiger partial charge in [-0.25, -0.2) is 0 Å². The third kappa shape index (κ3) is 5.19. The van der Waals surface area contributed by atoms with Crippen molar-refractivity contribution in [2.75, 3.05) is 13.2 Å². The molecule has 0 aliphatic heterocycles. The Labute approximate surface area is 195 Å². The van der Waals surface area contributed by atoms with Crippen LogP contribution in [0.25, 0.3) is 0 Å². The molecule has 0 saturated heterocycles. The molecule has 2 aliphatic rings. The molecule has 3 aromatic rings. The van der Waals surface area contributed by atoms with Crippen LogP contribution in [0.1, 0.15) is 39.4 Å². The summed E-state index contributed by atoms with van der Waals surface area (Å²) >= 11 is 0. The third-order valence-corrected chi connectivity index (χ3v) is 6.34. The summed E-state index contributed by atoms with van der Waals surface area (Å²) in [5.74, 6) is 12.6. The smallest absolute Gasteiger partial charge is 0.108 e. The summed E-state index contributed by atoms with van der Waals surface area (Å²) < 4.78 is 11.9. The first-order chi connectivity index (χ1) is 16.3. The van der Waals surface area contributed by atoms with Crippen LogP contribution in [0.15, 0.2) is 72.8 Å². The first-order valence-corrected chi connectivity index (χ1v) is 11.5. The number of benzene rings is 3. The molecule has 3 heteroatoms. The molecule has 0 bridgehead atoms. The summed E-state index contributed by atoms with van der Waals surface area (Å²) in [4.78, 5) is 0. The largest absolute Gasteiger partial charge is 0.365 e. The molecule has 5 rings (SSSR count). The van der Waals surface area contributed by atoms with Crippen LogP contribution in [0.4, 0.5) is 0 Å². The van der Waals surface area contributed by atoms with Crippen molar-refractivity contribution in [3.05, 3.63) is 106 Å². The molecule has 0 spiro atoms. The lowest BCUT2D eigenvalue weighted by Crippen LogP contribution is -2.25. The fourth-order valence-electron chi connectivity index (χ4n) is 4.65. The average Bonchev–Trinajstić information content (AvgIpc) is 3.40. The van der Waals surface area contributed by atoms with E-state index in [-0.39, 0.29) is 18.2 Å². The zero-order valence-corrected chi connectivity index (χ0v) is 18.6. The maximum Gasteiger partial charge on any atom is 0.108 e. The Balaban J connectivity index is 1.10. The minimum atomic E-state index is -0.0813. The van der Waals surface area contributed by atoms with Gasteiger partial charge in [-0.3, -0.25) is 0 Å². The SMILES string of the molecule is N[C@H]1c2ccccc2C[C@H]1OCC#Cc1cccc(C#CCOC2Cc3ccccc3C2)c1. The molecule has 0 aromatic heterocycles. The molecule has 0 heterocycles. The summed E-state index contributed by atoms with van der Waals surface area (Å²) in [6.45, 7) is 0.798. The Morgan fingerprint density at radius 2 is 1.30 bits per heavy atom. The highest BCUT2D eigenvalue weighted by atomic mass is 16.5. The predicted octanol–water partition coefficient (Wildman–Crippen LogP) is 4.21. The van der Waals surface area contributed by atoms with Crippen LogP contribution in [0, 0.1) is 23.7 Å². The lowest BCUT2D eigenvalue weighted by Gasteiger charge is -2.15. The predicted molar refractivity (Wildman–Crippen MR) is 131 cm³/mol. The highest BCUT2D eigenvalue weighted by Crippen LogP contribution is 2.31. The van der Waals surface area contributed by atoms with E-state index >= 15 is 0 Å². The van der Waals surface area contributed by atoms with Gasteiger partial charge < -0.3 is 15.2 Å². The molecule has 0 saturated carbocycles.